The number of aryl methyl sites for hydroxylation is 2. The zero-order chi connectivity index (χ0) is 28.8. The number of aromatic nitrogens is 3. The maximum Gasteiger partial charge on any atom is 0.494 e. The van der Waals surface area contributed by atoms with Crippen LogP contribution in [0.25, 0.3) is 45.3 Å². The molecule has 0 amide bonds. The SMILES string of the molecule is Cc1cc(C)cc(-c2cc(B3OC(C)(C)C(C)(C)O3)cc(-c3nc(-c4ccccc4)nc(-c4ccccc4)n3)c2)c1. The number of hydrogen-bond acceptors (Lipinski definition) is 5. The Balaban J connectivity index is 1.56. The van der Waals surface area contributed by atoms with Crippen molar-refractivity contribution in [2.45, 2.75) is 52.7 Å². The van der Waals surface area contributed by atoms with Gasteiger partial charge in [-0.05, 0) is 64.2 Å². The first-order valence-electron chi connectivity index (χ1n) is 14.0. The Hall–Kier alpha value is -4.13. The van der Waals surface area contributed by atoms with Crippen LogP contribution in [0.5, 0.6) is 0 Å². The predicted octanol–water partition coefficient (Wildman–Crippen LogP) is 7.46. The maximum atomic E-state index is 6.49. The number of hydrogen-bond donors (Lipinski definition) is 0. The average Bonchev–Trinajstić information content (AvgIpc) is 3.19. The van der Waals surface area contributed by atoms with Gasteiger partial charge >= 0.3 is 7.12 Å². The molecule has 0 unspecified atom stereocenters. The van der Waals surface area contributed by atoms with Crippen molar-refractivity contribution in [2.24, 2.45) is 0 Å². The van der Waals surface area contributed by atoms with Crippen LogP contribution in [0.15, 0.2) is 97.1 Å². The standard InChI is InChI=1S/C35H34BN3O2/c1-23-17-24(2)19-27(18-23)28-20-29(22-30(21-28)36-40-34(3,4)35(5,6)41-36)33-38-31(25-13-9-7-10-14-25)37-32(39-33)26-15-11-8-12-16-26/h7-22H,1-6H3. The first kappa shape index (κ1) is 27.1. The van der Waals surface area contributed by atoms with Crippen LogP contribution >= 0.6 is 0 Å². The topological polar surface area (TPSA) is 57.1 Å². The summed E-state index contributed by atoms with van der Waals surface area (Å²) >= 11 is 0. The summed E-state index contributed by atoms with van der Waals surface area (Å²) < 4.78 is 13.0. The van der Waals surface area contributed by atoms with E-state index in [1.807, 2.05) is 60.7 Å². The highest BCUT2D eigenvalue weighted by molar-refractivity contribution is 6.62. The van der Waals surface area contributed by atoms with E-state index in [-0.39, 0.29) is 0 Å². The lowest BCUT2D eigenvalue weighted by atomic mass is 9.76. The van der Waals surface area contributed by atoms with Gasteiger partial charge < -0.3 is 9.31 Å². The third kappa shape index (κ3) is 5.45. The van der Waals surface area contributed by atoms with Gasteiger partial charge in [0.1, 0.15) is 0 Å². The van der Waals surface area contributed by atoms with Gasteiger partial charge in [0.25, 0.3) is 0 Å². The maximum absolute atomic E-state index is 6.49. The Morgan fingerprint density at radius 3 is 1.39 bits per heavy atom. The van der Waals surface area contributed by atoms with Crippen LogP contribution in [-0.2, 0) is 9.31 Å². The molecule has 5 nitrogen and oxygen atoms in total. The summed E-state index contributed by atoms with van der Waals surface area (Å²) in [6.07, 6.45) is 0. The van der Waals surface area contributed by atoms with Gasteiger partial charge in [0.2, 0.25) is 0 Å². The third-order valence-electron chi connectivity index (χ3n) is 7.99. The molecule has 2 heterocycles. The highest BCUT2D eigenvalue weighted by atomic mass is 16.7. The fourth-order valence-corrected chi connectivity index (χ4v) is 5.14. The number of nitrogens with zero attached hydrogens (tertiary/aromatic N) is 3. The summed E-state index contributed by atoms with van der Waals surface area (Å²) in [5.74, 6) is 1.86. The van der Waals surface area contributed by atoms with E-state index in [1.54, 1.807) is 0 Å². The quantitative estimate of drug-likeness (QED) is 0.217. The molecule has 204 valence electrons. The fourth-order valence-electron chi connectivity index (χ4n) is 5.14. The summed E-state index contributed by atoms with van der Waals surface area (Å²) in [5, 5.41) is 0. The van der Waals surface area contributed by atoms with Crippen molar-refractivity contribution in [2.75, 3.05) is 0 Å². The number of benzene rings is 4. The van der Waals surface area contributed by atoms with Crippen LogP contribution in [0.1, 0.15) is 38.8 Å². The van der Waals surface area contributed by atoms with Crippen LogP contribution in [0.4, 0.5) is 0 Å². The summed E-state index contributed by atoms with van der Waals surface area (Å²) in [6, 6.07) is 33.1. The zero-order valence-corrected chi connectivity index (χ0v) is 24.5. The molecule has 0 atom stereocenters. The van der Waals surface area contributed by atoms with Crippen LogP contribution in [0.3, 0.4) is 0 Å². The molecular weight excluding hydrogens is 505 g/mol. The third-order valence-corrected chi connectivity index (χ3v) is 7.99. The van der Waals surface area contributed by atoms with Gasteiger partial charge in [-0.15, -0.1) is 0 Å². The molecule has 0 N–H and O–H groups in total. The van der Waals surface area contributed by atoms with E-state index in [0.29, 0.717) is 17.5 Å². The van der Waals surface area contributed by atoms with Crippen LogP contribution in [0, 0.1) is 13.8 Å². The van der Waals surface area contributed by atoms with Gasteiger partial charge in [-0.3, -0.25) is 0 Å². The molecule has 6 heteroatoms. The van der Waals surface area contributed by atoms with Gasteiger partial charge in [0, 0.05) is 16.7 Å². The van der Waals surface area contributed by atoms with E-state index in [1.165, 1.54) is 11.1 Å². The lowest BCUT2D eigenvalue weighted by molar-refractivity contribution is 0.00578. The monoisotopic (exact) mass is 539 g/mol. The lowest BCUT2D eigenvalue weighted by Crippen LogP contribution is -2.41. The van der Waals surface area contributed by atoms with Crippen molar-refractivity contribution in [3.05, 3.63) is 108 Å². The molecule has 1 fully saturated rings. The summed E-state index contributed by atoms with van der Waals surface area (Å²) in [7, 11) is -0.520. The molecule has 4 aromatic carbocycles. The Bertz CT molecular complexity index is 1630. The molecule has 0 bridgehead atoms. The minimum atomic E-state index is -0.520. The van der Waals surface area contributed by atoms with Gasteiger partial charge in [-0.2, -0.15) is 0 Å². The number of rotatable bonds is 5. The van der Waals surface area contributed by atoms with E-state index in [2.05, 4.69) is 77.9 Å². The van der Waals surface area contributed by atoms with Gasteiger partial charge in [-0.25, -0.2) is 15.0 Å². The van der Waals surface area contributed by atoms with Gasteiger partial charge in [-0.1, -0.05) is 102 Å². The largest absolute Gasteiger partial charge is 0.494 e. The van der Waals surface area contributed by atoms with Gasteiger partial charge in [0.05, 0.1) is 11.2 Å². The molecule has 1 aromatic heterocycles. The van der Waals surface area contributed by atoms with Crippen LogP contribution in [-0.4, -0.2) is 33.3 Å². The summed E-state index contributed by atoms with van der Waals surface area (Å²) in [4.78, 5) is 14.9. The van der Waals surface area contributed by atoms with Crippen LogP contribution in [0.2, 0.25) is 0 Å². The Kier molecular flexibility index (Phi) is 6.84. The smallest absolute Gasteiger partial charge is 0.399 e. The first-order chi connectivity index (χ1) is 19.6. The minimum Gasteiger partial charge on any atom is -0.399 e. The second-order valence-corrected chi connectivity index (χ2v) is 11.8. The molecule has 1 saturated heterocycles. The fraction of sp³-hybridized carbons (Fsp3) is 0.229. The average molecular weight is 539 g/mol. The lowest BCUT2D eigenvalue weighted by Gasteiger charge is -2.32. The Morgan fingerprint density at radius 2 is 0.902 bits per heavy atom. The Morgan fingerprint density at radius 1 is 0.488 bits per heavy atom. The molecular formula is C35H34BN3O2. The molecule has 0 aliphatic carbocycles. The molecule has 0 saturated carbocycles. The molecule has 0 spiro atoms. The summed E-state index contributed by atoms with van der Waals surface area (Å²) in [5.41, 5.74) is 7.37. The minimum absolute atomic E-state index is 0.456. The van der Waals surface area contributed by atoms with Crippen molar-refractivity contribution in [1.82, 2.24) is 15.0 Å². The molecule has 1 aliphatic heterocycles. The van der Waals surface area contributed by atoms with E-state index in [9.17, 15) is 0 Å². The van der Waals surface area contributed by atoms with Crippen LogP contribution < -0.4 is 5.46 Å². The molecule has 0 radical (unpaired) electrons. The Labute approximate surface area is 242 Å². The normalized spacial score (nSPS) is 15.7. The molecule has 1 aliphatic rings. The molecule has 6 rings (SSSR count). The molecule has 41 heavy (non-hydrogen) atoms. The van der Waals surface area contributed by atoms with Crippen molar-refractivity contribution >= 4 is 12.6 Å². The molecule has 5 aromatic rings. The van der Waals surface area contributed by atoms with E-state index >= 15 is 0 Å². The first-order valence-corrected chi connectivity index (χ1v) is 14.0. The van der Waals surface area contributed by atoms with Crippen molar-refractivity contribution in [1.29, 1.82) is 0 Å². The zero-order valence-electron chi connectivity index (χ0n) is 24.5. The van der Waals surface area contributed by atoms with E-state index < -0.39 is 18.3 Å². The second-order valence-electron chi connectivity index (χ2n) is 11.8. The van der Waals surface area contributed by atoms with Crippen molar-refractivity contribution in [3.63, 3.8) is 0 Å². The summed E-state index contributed by atoms with van der Waals surface area (Å²) in [6.45, 7) is 12.6. The highest BCUT2D eigenvalue weighted by Gasteiger charge is 2.51. The van der Waals surface area contributed by atoms with Crippen molar-refractivity contribution < 1.29 is 9.31 Å². The predicted molar refractivity (Wildman–Crippen MR) is 167 cm³/mol. The second kappa shape index (κ2) is 10.4. The highest BCUT2D eigenvalue weighted by Crippen LogP contribution is 2.37. The van der Waals surface area contributed by atoms with E-state index in [4.69, 9.17) is 24.3 Å². The van der Waals surface area contributed by atoms with E-state index in [0.717, 1.165) is 33.3 Å². The van der Waals surface area contributed by atoms with Gasteiger partial charge in [0.15, 0.2) is 17.5 Å². The van der Waals surface area contributed by atoms with Crippen molar-refractivity contribution in [3.8, 4) is 45.3 Å².